The lowest BCUT2D eigenvalue weighted by molar-refractivity contribution is -0.115. The van der Waals surface area contributed by atoms with Gasteiger partial charge in [-0.05, 0) is 51.1 Å². The molecule has 1 aromatic carbocycles. The van der Waals surface area contributed by atoms with Crippen molar-refractivity contribution < 1.29 is 17.6 Å². The molecule has 2 aromatic rings. The summed E-state index contributed by atoms with van der Waals surface area (Å²) in [5.74, 6) is -1.37. The number of nitrogens with one attached hydrogen (secondary N) is 1. The van der Waals surface area contributed by atoms with Gasteiger partial charge in [-0.3, -0.25) is 4.79 Å². The van der Waals surface area contributed by atoms with Crippen molar-refractivity contribution in [1.82, 2.24) is 4.57 Å². The second kappa shape index (κ2) is 6.54. The van der Waals surface area contributed by atoms with E-state index < -0.39 is 32.1 Å². The fraction of sp³-hybridized carbons (Fsp3) is 0.312. The Balaban J connectivity index is 2.26. The Hall–Kier alpha value is -2.15. The lowest BCUT2D eigenvalue weighted by Crippen LogP contribution is -2.36. The highest BCUT2D eigenvalue weighted by molar-refractivity contribution is 7.93. The molecule has 124 valence electrons. The van der Waals surface area contributed by atoms with E-state index in [0.717, 1.165) is 0 Å². The topological polar surface area (TPSA) is 68.2 Å². The molecule has 0 spiro atoms. The summed E-state index contributed by atoms with van der Waals surface area (Å²) in [6, 6.07) is 7.89. The monoisotopic (exact) mass is 338 g/mol. The zero-order chi connectivity index (χ0) is 17.2. The quantitative estimate of drug-likeness (QED) is 0.911. The number of anilines is 1. The van der Waals surface area contributed by atoms with Gasteiger partial charge >= 0.3 is 0 Å². The van der Waals surface area contributed by atoms with Gasteiger partial charge in [-0.2, -0.15) is 0 Å². The van der Waals surface area contributed by atoms with Gasteiger partial charge in [-0.1, -0.05) is 0 Å². The molecule has 0 fully saturated rings. The molecule has 23 heavy (non-hydrogen) atoms. The molecule has 0 saturated carbocycles. The predicted molar refractivity (Wildman–Crippen MR) is 87.9 cm³/mol. The molecule has 1 heterocycles. The molecule has 0 radical (unpaired) electrons. The number of carbonyl (C=O) groups is 1. The SMILES string of the molecule is CC(C)S(=O)(=O)[C@H](C)C(=O)Nc1cc(-n2cccc2)ccc1F. The number of amides is 1. The molecule has 1 amide bonds. The van der Waals surface area contributed by atoms with Crippen molar-refractivity contribution in [2.75, 3.05) is 5.32 Å². The molecular weight excluding hydrogens is 319 g/mol. The largest absolute Gasteiger partial charge is 0.324 e. The van der Waals surface area contributed by atoms with Crippen LogP contribution in [-0.4, -0.2) is 29.4 Å². The standard InChI is InChI=1S/C16H19FN2O3S/c1-11(2)23(21,22)12(3)16(20)18-15-10-13(6-7-14(15)17)19-8-4-5-9-19/h4-12H,1-3H3,(H,18,20)/t12-/m1/s1. The van der Waals surface area contributed by atoms with Gasteiger partial charge in [-0.15, -0.1) is 0 Å². The highest BCUT2D eigenvalue weighted by Gasteiger charge is 2.31. The minimum Gasteiger partial charge on any atom is -0.324 e. The summed E-state index contributed by atoms with van der Waals surface area (Å²) < 4.78 is 39.8. The van der Waals surface area contributed by atoms with Crippen LogP contribution in [0.5, 0.6) is 0 Å². The summed E-state index contributed by atoms with van der Waals surface area (Å²) in [6.45, 7) is 4.32. The fourth-order valence-electron chi connectivity index (χ4n) is 2.07. The van der Waals surface area contributed by atoms with Crippen LogP contribution in [0.15, 0.2) is 42.7 Å². The number of sulfone groups is 1. The number of halogens is 1. The van der Waals surface area contributed by atoms with Crippen LogP contribution in [0.2, 0.25) is 0 Å². The van der Waals surface area contributed by atoms with Gasteiger partial charge in [0.25, 0.3) is 0 Å². The van der Waals surface area contributed by atoms with Crippen molar-refractivity contribution >= 4 is 21.4 Å². The third-order valence-electron chi connectivity index (χ3n) is 3.63. The zero-order valence-corrected chi connectivity index (χ0v) is 14.0. The summed E-state index contributed by atoms with van der Waals surface area (Å²) in [6.07, 6.45) is 3.56. The van der Waals surface area contributed by atoms with E-state index in [1.165, 1.54) is 32.9 Å². The minimum absolute atomic E-state index is 0.0491. The molecular formula is C16H19FN2O3S. The molecule has 0 unspecified atom stereocenters. The van der Waals surface area contributed by atoms with E-state index in [9.17, 15) is 17.6 Å². The number of carbonyl (C=O) groups excluding carboxylic acids is 1. The molecule has 1 aromatic heterocycles. The maximum Gasteiger partial charge on any atom is 0.242 e. The Kier molecular flexibility index (Phi) is 4.89. The zero-order valence-electron chi connectivity index (χ0n) is 13.2. The molecule has 7 heteroatoms. The van der Waals surface area contributed by atoms with Crippen LogP contribution in [-0.2, 0) is 14.6 Å². The van der Waals surface area contributed by atoms with Crippen LogP contribution in [0.25, 0.3) is 5.69 Å². The van der Waals surface area contributed by atoms with E-state index in [-0.39, 0.29) is 5.69 Å². The highest BCUT2D eigenvalue weighted by Crippen LogP contribution is 2.20. The molecule has 1 N–H and O–H groups in total. The van der Waals surface area contributed by atoms with Gasteiger partial charge in [0.1, 0.15) is 11.1 Å². The van der Waals surface area contributed by atoms with Gasteiger partial charge in [0.2, 0.25) is 5.91 Å². The predicted octanol–water partition coefficient (Wildman–Crippen LogP) is 2.77. The molecule has 0 bridgehead atoms. The van der Waals surface area contributed by atoms with Crippen molar-refractivity contribution in [3.8, 4) is 5.69 Å². The minimum atomic E-state index is -3.60. The summed E-state index contributed by atoms with van der Waals surface area (Å²) >= 11 is 0. The van der Waals surface area contributed by atoms with E-state index in [0.29, 0.717) is 5.69 Å². The second-order valence-corrected chi connectivity index (χ2v) is 8.35. The van der Waals surface area contributed by atoms with Crippen LogP contribution >= 0.6 is 0 Å². The third kappa shape index (κ3) is 3.61. The van der Waals surface area contributed by atoms with Gasteiger partial charge in [0, 0.05) is 18.1 Å². The third-order valence-corrected chi connectivity index (χ3v) is 6.14. The number of hydrogen-bond acceptors (Lipinski definition) is 3. The average molecular weight is 338 g/mol. The summed E-state index contributed by atoms with van der Waals surface area (Å²) in [5.41, 5.74) is 0.609. The second-order valence-electron chi connectivity index (χ2n) is 5.52. The van der Waals surface area contributed by atoms with Gasteiger partial charge in [0.15, 0.2) is 9.84 Å². The van der Waals surface area contributed by atoms with Gasteiger partial charge in [0.05, 0.1) is 10.9 Å². The summed E-state index contributed by atoms with van der Waals surface area (Å²) in [7, 11) is -3.60. The first-order valence-electron chi connectivity index (χ1n) is 7.20. The molecule has 1 atom stereocenters. The molecule has 0 saturated heterocycles. The van der Waals surface area contributed by atoms with E-state index in [1.807, 2.05) is 12.1 Å². The van der Waals surface area contributed by atoms with Crippen LogP contribution in [0.4, 0.5) is 10.1 Å². The number of benzene rings is 1. The van der Waals surface area contributed by atoms with Crippen LogP contribution in [0, 0.1) is 5.82 Å². The molecule has 0 aliphatic rings. The van der Waals surface area contributed by atoms with E-state index in [2.05, 4.69) is 5.32 Å². The first-order valence-corrected chi connectivity index (χ1v) is 8.81. The summed E-state index contributed by atoms with van der Waals surface area (Å²) in [4.78, 5) is 12.1. The Morgan fingerprint density at radius 2 is 1.78 bits per heavy atom. The highest BCUT2D eigenvalue weighted by atomic mass is 32.2. The Labute approximate surface area is 135 Å². The van der Waals surface area contributed by atoms with Crippen molar-refractivity contribution in [3.05, 3.63) is 48.5 Å². The van der Waals surface area contributed by atoms with Gasteiger partial charge in [-0.25, -0.2) is 12.8 Å². The lowest BCUT2D eigenvalue weighted by atomic mass is 10.2. The Morgan fingerprint density at radius 1 is 1.17 bits per heavy atom. The number of rotatable bonds is 5. The lowest BCUT2D eigenvalue weighted by Gasteiger charge is -2.16. The number of nitrogens with zero attached hydrogens (tertiary/aromatic N) is 1. The van der Waals surface area contributed by atoms with Crippen molar-refractivity contribution in [2.45, 2.75) is 31.3 Å². The van der Waals surface area contributed by atoms with Crippen molar-refractivity contribution in [2.24, 2.45) is 0 Å². The number of hydrogen-bond donors (Lipinski definition) is 1. The average Bonchev–Trinajstić information content (AvgIpc) is 3.02. The van der Waals surface area contributed by atoms with E-state index in [4.69, 9.17) is 0 Å². The van der Waals surface area contributed by atoms with E-state index in [1.54, 1.807) is 23.0 Å². The molecule has 0 aliphatic heterocycles. The first kappa shape index (κ1) is 17.2. The molecule has 2 rings (SSSR count). The normalized spacial score (nSPS) is 13.1. The maximum atomic E-state index is 13.9. The Morgan fingerprint density at radius 3 is 2.35 bits per heavy atom. The van der Waals surface area contributed by atoms with E-state index >= 15 is 0 Å². The van der Waals surface area contributed by atoms with Crippen LogP contribution in [0.1, 0.15) is 20.8 Å². The molecule has 5 nitrogen and oxygen atoms in total. The first-order chi connectivity index (χ1) is 10.7. The van der Waals surface area contributed by atoms with Crippen molar-refractivity contribution in [3.63, 3.8) is 0 Å². The summed E-state index contributed by atoms with van der Waals surface area (Å²) in [5, 5.41) is 0.433. The molecule has 0 aliphatic carbocycles. The fourth-order valence-corrected chi connectivity index (χ4v) is 3.24. The van der Waals surface area contributed by atoms with Crippen LogP contribution < -0.4 is 5.32 Å². The van der Waals surface area contributed by atoms with Crippen LogP contribution in [0.3, 0.4) is 0 Å². The maximum absolute atomic E-state index is 13.9. The smallest absolute Gasteiger partial charge is 0.242 e. The number of aromatic nitrogens is 1. The van der Waals surface area contributed by atoms with Crippen molar-refractivity contribution in [1.29, 1.82) is 0 Å². The Bertz CT molecular complexity index is 799. The van der Waals surface area contributed by atoms with Gasteiger partial charge < -0.3 is 9.88 Å².